The molecular formula is C6H11CaNO4. The van der Waals surface area contributed by atoms with Crippen molar-refractivity contribution in [2.45, 2.75) is 6.92 Å². The zero-order valence-electron chi connectivity index (χ0n) is 6.12. The molecule has 0 saturated carbocycles. The third kappa shape index (κ3) is 7.84. The first kappa shape index (κ1) is 14.3. The number of hydroxylamine groups is 1. The average molecular weight is 201 g/mol. The number of hydrogen-bond acceptors (Lipinski definition) is 4. The predicted molar refractivity (Wildman–Crippen MR) is 45.0 cm³/mol. The summed E-state index contributed by atoms with van der Waals surface area (Å²) < 4.78 is 4.38. The molecule has 1 N–H and O–H groups in total. The molecule has 0 aromatic carbocycles. The molecule has 0 spiro atoms. The summed E-state index contributed by atoms with van der Waals surface area (Å²) in [7, 11) is 0. The molecule has 0 aromatic rings. The number of hydrogen-bond donors (Lipinski definition) is 1. The van der Waals surface area contributed by atoms with Crippen LogP contribution in [0.15, 0.2) is 12.7 Å². The van der Waals surface area contributed by atoms with E-state index in [-0.39, 0.29) is 44.3 Å². The Labute approximate surface area is 100 Å². The number of rotatable bonds is 2. The van der Waals surface area contributed by atoms with E-state index in [0.29, 0.717) is 0 Å². The van der Waals surface area contributed by atoms with Gasteiger partial charge in [-0.2, -0.15) is 0 Å². The van der Waals surface area contributed by atoms with Crippen molar-refractivity contribution < 1.29 is 19.2 Å². The average Bonchev–Trinajstić information content (AvgIpc) is 2.01. The van der Waals surface area contributed by atoms with Gasteiger partial charge in [-0.15, -0.1) is 5.48 Å². The summed E-state index contributed by atoms with van der Waals surface area (Å²) in [5, 5.41) is 0. The van der Waals surface area contributed by atoms with E-state index in [1.165, 1.54) is 0 Å². The Morgan fingerprint density at radius 1 is 1.58 bits per heavy atom. The van der Waals surface area contributed by atoms with Gasteiger partial charge in [0.15, 0.2) is 0 Å². The molecule has 0 bridgehead atoms. The third-order valence-corrected chi connectivity index (χ3v) is 0.677. The van der Waals surface area contributed by atoms with Crippen molar-refractivity contribution in [1.82, 2.24) is 5.48 Å². The number of carbonyl (C=O) groups is 2. The van der Waals surface area contributed by atoms with Crippen molar-refractivity contribution in [1.29, 1.82) is 0 Å². The summed E-state index contributed by atoms with van der Waals surface area (Å²) in [6.45, 7) is 4.97. The van der Waals surface area contributed by atoms with E-state index in [2.05, 4.69) is 16.2 Å². The normalized spacial score (nSPS) is 7.42. The first-order chi connectivity index (χ1) is 5.20. The van der Waals surface area contributed by atoms with Crippen LogP contribution in [0.25, 0.3) is 0 Å². The van der Waals surface area contributed by atoms with Crippen LogP contribution >= 0.6 is 0 Å². The van der Waals surface area contributed by atoms with Crippen molar-refractivity contribution in [3.8, 4) is 0 Å². The Morgan fingerprint density at radius 3 is 2.58 bits per heavy atom. The van der Waals surface area contributed by atoms with Crippen LogP contribution in [-0.2, 0) is 14.4 Å². The van der Waals surface area contributed by atoms with Crippen molar-refractivity contribution in [2.75, 3.05) is 6.61 Å². The van der Waals surface area contributed by atoms with Crippen LogP contribution < -0.4 is 5.48 Å². The molecule has 0 aliphatic rings. The SMILES string of the molecule is C=CC(=O)ONC(=O)OCC.[CaH2]. The van der Waals surface area contributed by atoms with E-state index in [1.807, 2.05) is 0 Å². The van der Waals surface area contributed by atoms with Gasteiger partial charge >= 0.3 is 49.8 Å². The summed E-state index contributed by atoms with van der Waals surface area (Å²) in [4.78, 5) is 24.9. The van der Waals surface area contributed by atoms with E-state index in [4.69, 9.17) is 0 Å². The van der Waals surface area contributed by atoms with E-state index in [9.17, 15) is 9.59 Å². The van der Waals surface area contributed by atoms with Crippen molar-refractivity contribution >= 4 is 49.8 Å². The maximum absolute atomic E-state index is 10.4. The van der Waals surface area contributed by atoms with Gasteiger partial charge in [0.05, 0.1) is 6.61 Å². The van der Waals surface area contributed by atoms with Crippen LogP contribution in [0.4, 0.5) is 4.79 Å². The fourth-order valence-corrected chi connectivity index (χ4v) is 0.294. The van der Waals surface area contributed by atoms with Gasteiger partial charge in [0, 0.05) is 6.08 Å². The second-order valence-corrected chi connectivity index (χ2v) is 1.45. The fraction of sp³-hybridized carbons (Fsp3) is 0.333. The van der Waals surface area contributed by atoms with Gasteiger partial charge in [-0.25, -0.2) is 9.59 Å². The van der Waals surface area contributed by atoms with E-state index in [0.717, 1.165) is 6.08 Å². The van der Waals surface area contributed by atoms with Gasteiger partial charge in [-0.1, -0.05) is 6.58 Å². The second-order valence-electron chi connectivity index (χ2n) is 1.45. The number of ether oxygens (including phenoxy) is 1. The third-order valence-electron chi connectivity index (χ3n) is 0.677. The molecule has 0 aromatic heterocycles. The van der Waals surface area contributed by atoms with Crippen molar-refractivity contribution in [3.63, 3.8) is 0 Å². The maximum atomic E-state index is 10.4. The topological polar surface area (TPSA) is 64.6 Å². The Bertz CT molecular complexity index is 171. The van der Waals surface area contributed by atoms with Gasteiger partial charge in [0.1, 0.15) is 0 Å². The summed E-state index contributed by atoms with van der Waals surface area (Å²) in [5.41, 5.74) is 1.75. The number of carbonyl (C=O) groups excluding carboxylic acids is 2. The molecular weight excluding hydrogens is 190 g/mol. The Kier molecular flexibility index (Phi) is 10.5. The van der Waals surface area contributed by atoms with E-state index < -0.39 is 12.1 Å². The van der Waals surface area contributed by atoms with Gasteiger partial charge in [0.2, 0.25) is 0 Å². The molecule has 6 heteroatoms. The van der Waals surface area contributed by atoms with Gasteiger partial charge < -0.3 is 9.57 Å². The molecule has 0 atom stereocenters. The molecule has 5 nitrogen and oxygen atoms in total. The van der Waals surface area contributed by atoms with Gasteiger partial charge in [0.25, 0.3) is 0 Å². The minimum atomic E-state index is -0.803. The monoisotopic (exact) mass is 201 g/mol. The predicted octanol–water partition coefficient (Wildman–Crippen LogP) is -0.540. The molecule has 1 amide bonds. The quantitative estimate of drug-likeness (QED) is 0.370. The molecule has 0 saturated heterocycles. The summed E-state index contributed by atoms with van der Waals surface area (Å²) in [6.07, 6.45) is 0.120. The van der Waals surface area contributed by atoms with Crippen LogP contribution in [0.1, 0.15) is 6.92 Å². The van der Waals surface area contributed by atoms with Crippen LogP contribution in [0.5, 0.6) is 0 Å². The summed E-state index contributed by atoms with van der Waals surface area (Å²) in [6, 6.07) is 0. The zero-order chi connectivity index (χ0) is 8.69. The molecule has 0 rings (SSSR count). The molecule has 0 aliphatic heterocycles. The molecule has 0 fully saturated rings. The Morgan fingerprint density at radius 2 is 2.17 bits per heavy atom. The minimum absolute atomic E-state index is 0. The van der Waals surface area contributed by atoms with Crippen LogP contribution in [0, 0.1) is 0 Å². The van der Waals surface area contributed by atoms with Crippen LogP contribution in [0.2, 0.25) is 0 Å². The van der Waals surface area contributed by atoms with Gasteiger partial charge in [-0.3, -0.25) is 0 Å². The number of nitrogens with one attached hydrogen (secondary N) is 1. The van der Waals surface area contributed by atoms with Crippen molar-refractivity contribution in [3.05, 3.63) is 12.7 Å². The number of amides is 1. The standard InChI is InChI=1S/C6H9NO4.Ca.2H/c1-3-5(8)11-7-6(9)10-4-2;;;/h3H,1,4H2,2H3,(H,7,9);;;. The van der Waals surface area contributed by atoms with Crippen molar-refractivity contribution in [2.24, 2.45) is 0 Å². The first-order valence-electron chi connectivity index (χ1n) is 2.96. The molecule has 12 heavy (non-hydrogen) atoms. The molecule has 0 aliphatic carbocycles. The summed E-state index contributed by atoms with van der Waals surface area (Å²) >= 11 is 0. The van der Waals surface area contributed by atoms with Crippen LogP contribution in [0.3, 0.4) is 0 Å². The first-order valence-corrected chi connectivity index (χ1v) is 2.96. The van der Waals surface area contributed by atoms with E-state index in [1.54, 1.807) is 12.4 Å². The van der Waals surface area contributed by atoms with Crippen LogP contribution in [-0.4, -0.2) is 56.4 Å². The fourth-order valence-electron chi connectivity index (χ4n) is 0.294. The second kappa shape index (κ2) is 8.83. The molecule has 0 radical (unpaired) electrons. The Balaban J connectivity index is 0. The zero-order valence-corrected chi connectivity index (χ0v) is 6.12. The van der Waals surface area contributed by atoms with Gasteiger partial charge in [-0.05, 0) is 6.92 Å². The molecule has 66 valence electrons. The Hall–Kier alpha value is -0.260. The summed E-state index contributed by atoms with van der Waals surface area (Å²) in [5.74, 6) is -0.738. The molecule has 0 unspecified atom stereocenters. The van der Waals surface area contributed by atoms with E-state index >= 15 is 0 Å². The molecule has 0 heterocycles.